The number of non-ortho nitro benzene ring substituents is 1. The van der Waals surface area contributed by atoms with Gasteiger partial charge in [-0.05, 0) is 68.1 Å². The highest BCUT2D eigenvalue weighted by atomic mass is 35.5. The summed E-state index contributed by atoms with van der Waals surface area (Å²) < 4.78 is 19.5. The minimum atomic E-state index is -1.47. The number of nitro benzene ring substituents is 1. The number of aromatic hydroxyl groups is 1. The van der Waals surface area contributed by atoms with E-state index < -0.39 is 69.4 Å². The number of fused-ring (bicyclic) bond motifs is 4. The highest BCUT2D eigenvalue weighted by Gasteiger charge is 2.68. The number of anilines is 2. The van der Waals surface area contributed by atoms with Gasteiger partial charge in [0.05, 0.1) is 51.6 Å². The zero-order valence-electron chi connectivity index (χ0n) is 25.1. The molecule has 4 amide bonds. The van der Waals surface area contributed by atoms with Crippen LogP contribution in [0.4, 0.5) is 21.5 Å². The van der Waals surface area contributed by atoms with Crippen molar-refractivity contribution >= 4 is 52.3 Å². The normalized spacial score (nSPS) is 28.2. The molecule has 3 aromatic carbocycles. The van der Waals surface area contributed by atoms with Gasteiger partial charge in [0.1, 0.15) is 17.3 Å². The molecule has 4 aliphatic rings. The molecule has 3 aromatic rings. The fourth-order valence-electron chi connectivity index (χ4n) is 8.12. The van der Waals surface area contributed by atoms with Crippen molar-refractivity contribution in [1.82, 2.24) is 0 Å². The molecular formula is C34H27ClFN3O8. The number of carbonyl (C=O) groups is 4. The molecule has 0 bridgehead atoms. The number of phenolic OH excluding ortho intramolecular Hbond substituents is 1. The number of nitrogens with zero attached hydrogens (tertiary/aromatic N) is 3. The molecule has 0 radical (unpaired) electrons. The summed E-state index contributed by atoms with van der Waals surface area (Å²) in [6.45, 7) is 1.65. The average Bonchev–Trinajstić information content (AvgIpc) is 3.42. The number of hydrogen-bond donors (Lipinski definition) is 1. The van der Waals surface area contributed by atoms with Gasteiger partial charge < -0.3 is 9.84 Å². The van der Waals surface area contributed by atoms with E-state index in [1.807, 2.05) is 6.08 Å². The predicted molar refractivity (Wildman–Crippen MR) is 166 cm³/mol. The maximum atomic E-state index is 14.5. The molecule has 0 spiro atoms. The summed E-state index contributed by atoms with van der Waals surface area (Å²) in [4.78, 5) is 69.5. The van der Waals surface area contributed by atoms with Crippen molar-refractivity contribution in [3.8, 4) is 11.5 Å². The topological polar surface area (TPSA) is 147 Å². The zero-order chi connectivity index (χ0) is 33.5. The van der Waals surface area contributed by atoms with Crippen molar-refractivity contribution in [2.24, 2.45) is 29.1 Å². The third kappa shape index (κ3) is 4.31. The van der Waals surface area contributed by atoms with Gasteiger partial charge >= 0.3 is 0 Å². The van der Waals surface area contributed by atoms with Gasteiger partial charge in [-0.15, -0.1) is 0 Å². The molecule has 1 N–H and O–H groups in total. The van der Waals surface area contributed by atoms with E-state index in [4.69, 9.17) is 16.3 Å². The first-order chi connectivity index (χ1) is 22.4. The van der Waals surface area contributed by atoms with Crippen LogP contribution in [0.15, 0.2) is 72.3 Å². The Hall–Kier alpha value is -5.10. The Morgan fingerprint density at radius 3 is 2.43 bits per heavy atom. The van der Waals surface area contributed by atoms with Crippen LogP contribution in [-0.4, -0.2) is 40.8 Å². The highest BCUT2D eigenvalue weighted by molar-refractivity contribution is 6.32. The number of hydrogen-bond acceptors (Lipinski definition) is 8. The summed E-state index contributed by atoms with van der Waals surface area (Å²) in [7, 11) is 1.45. The summed E-state index contributed by atoms with van der Waals surface area (Å²) in [6.07, 6.45) is 1.98. The van der Waals surface area contributed by atoms with Crippen LogP contribution in [0, 0.1) is 45.0 Å². The fourth-order valence-corrected chi connectivity index (χ4v) is 8.30. The number of benzene rings is 3. The first-order valence-corrected chi connectivity index (χ1v) is 15.3. The molecule has 2 saturated heterocycles. The number of carbonyl (C=O) groups excluding carboxylic acids is 4. The average molecular weight is 660 g/mol. The van der Waals surface area contributed by atoms with Gasteiger partial charge in [0.15, 0.2) is 0 Å². The van der Waals surface area contributed by atoms with Crippen LogP contribution in [0.3, 0.4) is 0 Å². The number of methoxy groups -OCH3 is 1. The lowest BCUT2D eigenvalue weighted by molar-refractivity contribution is -0.384. The number of phenols is 1. The molecule has 6 unspecified atom stereocenters. The minimum Gasteiger partial charge on any atom is -0.508 e. The van der Waals surface area contributed by atoms with Crippen LogP contribution in [0.2, 0.25) is 5.02 Å². The van der Waals surface area contributed by atoms with Crippen LogP contribution in [-0.2, 0) is 19.2 Å². The largest absolute Gasteiger partial charge is 0.508 e. The Morgan fingerprint density at radius 2 is 1.72 bits per heavy atom. The van der Waals surface area contributed by atoms with Crippen molar-refractivity contribution < 1.29 is 38.3 Å². The molecule has 7 rings (SSSR count). The SMILES string of the molecule is COc1ccc(O)c(C2C3=CCC4C(=O)N(c5cccc([N+](=O)[O-])c5)C(=O)C4C3CC3C(=O)N(c4ccc(F)c(Cl)c4)C(=O)C32C)c1. The van der Waals surface area contributed by atoms with E-state index in [-0.39, 0.29) is 40.7 Å². The maximum Gasteiger partial charge on any atom is 0.271 e. The number of ether oxygens (including phenoxy) is 1. The molecule has 1 saturated carbocycles. The number of amides is 4. The Morgan fingerprint density at radius 1 is 0.979 bits per heavy atom. The van der Waals surface area contributed by atoms with Gasteiger partial charge in [0, 0.05) is 23.6 Å². The van der Waals surface area contributed by atoms with E-state index in [0.29, 0.717) is 16.9 Å². The lowest BCUT2D eigenvalue weighted by Crippen LogP contribution is -2.48. The van der Waals surface area contributed by atoms with E-state index in [1.54, 1.807) is 19.1 Å². The van der Waals surface area contributed by atoms with E-state index >= 15 is 0 Å². The number of imide groups is 2. The second-order valence-corrected chi connectivity index (χ2v) is 12.9. The third-order valence-corrected chi connectivity index (χ3v) is 10.6. The Kier molecular flexibility index (Phi) is 6.97. The summed E-state index contributed by atoms with van der Waals surface area (Å²) >= 11 is 6.04. The Bertz CT molecular complexity index is 1960. The second-order valence-electron chi connectivity index (χ2n) is 12.5. The molecule has 11 nitrogen and oxygen atoms in total. The molecule has 47 heavy (non-hydrogen) atoms. The fraction of sp³-hybridized carbons (Fsp3) is 0.294. The third-order valence-electron chi connectivity index (χ3n) is 10.3. The second kappa shape index (κ2) is 10.7. The summed E-state index contributed by atoms with van der Waals surface area (Å²) in [5, 5.41) is 22.4. The van der Waals surface area contributed by atoms with E-state index in [2.05, 4.69) is 0 Å². The molecule has 2 aliphatic heterocycles. The predicted octanol–water partition coefficient (Wildman–Crippen LogP) is 5.54. The lowest BCUT2D eigenvalue weighted by Gasteiger charge is -2.49. The Labute approximate surface area is 272 Å². The van der Waals surface area contributed by atoms with Crippen molar-refractivity contribution in [3.05, 3.63) is 98.8 Å². The number of allylic oxidation sites excluding steroid dienone is 2. The molecular weight excluding hydrogens is 633 g/mol. The van der Waals surface area contributed by atoms with Crippen LogP contribution < -0.4 is 14.5 Å². The summed E-state index contributed by atoms with van der Waals surface area (Å²) in [5.74, 6) is -7.11. The van der Waals surface area contributed by atoms with Crippen LogP contribution in [0.1, 0.15) is 31.2 Å². The smallest absolute Gasteiger partial charge is 0.271 e. The quantitative estimate of drug-likeness (QED) is 0.163. The van der Waals surface area contributed by atoms with Crippen molar-refractivity contribution in [2.45, 2.75) is 25.7 Å². The molecule has 3 fully saturated rings. The van der Waals surface area contributed by atoms with Gasteiger partial charge in [-0.2, -0.15) is 0 Å². The molecule has 6 atom stereocenters. The van der Waals surface area contributed by atoms with E-state index in [0.717, 1.165) is 15.9 Å². The Balaban J connectivity index is 1.38. The molecule has 13 heteroatoms. The summed E-state index contributed by atoms with van der Waals surface area (Å²) in [6, 6.07) is 13.4. The standard InChI is InChI=1S/C34H27ClFN3O8/c1-34-24(31(42)38(33(34)44)17-6-10-26(36)25(35)13-17)15-22-20(29(34)23-14-19(47-2)7-11-27(23)40)8-9-21-28(22)32(43)37(30(21)41)16-4-3-5-18(12-16)39(45)46/h3-8,10-14,21-22,24,28-29,40H,9,15H2,1-2H3. The minimum absolute atomic E-state index is 0.0303. The van der Waals surface area contributed by atoms with Crippen LogP contribution in [0.5, 0.6) is 11.5 Å². The van der Waals surface area contributed by atoms with Crippen molar-refractivity contribution in [3.63, 3.8) is 0 Å². The number of nitro groups is 1. The number of rotatable bonds is 5. The molecule has 2 heterocycles. The first kappa shape index (κ1) is 30.5. The van der Waals surface area contributed by atoms with Gasteiger partial charge in [-0.3, -0.25) is 29.3 Å². The molecule has 240 valence electrons. The van der Waals surface area contributed by atoms with Gasteiger partial charge in [-0.1, -0.05) is 29.3 Å². The van der Waals surface area contributed by atoms with Gasteiger partial charge in [-0.25, -0.2) is 14.2 Å². The van der Waals surface area contributed by atoms with Crippen molar-refractivity contribution in [2.75, 3.05) is 16.9 Å². The van der Waals surface area contributed by atoms with Gasteiger partial charge in [0.2, 0.25) is 23.6 Å². The first-order valence-electron chi connectivity index (χ1n) is 14.9. The number of halogens is 2. The van der Waals surface area contributed by atoms with Crippen LogP contribution in [0.25, 0.3) is 0 Å². The highest BCUT2D eigenvalue weighted by Crippen LogP contribution is 2.64. The molecule has 0 aromatic heterocycles. The zero-order valence-corrected chi connectivity index (χ0v) is 25.8. The van der Waals surface area contributed by atoms with Crippen molar-refractivity contribution in [1.29, 1.82) is 0 Å². The van der Waals surface area contributed by atoms with E-state index in [1.165, 1.54) is 49.6 Å². The van der Waals surface area contributed by atoms with E-state index in [9.17, 15) is 38.8 Å². The maximum absolute atomic E-state index is 14.5. The molecule has 2 aliphatic carbocycles. The monoisotopic (exact) mass is 659 g/mol. The van der Waals surface area contributed by atoms with Gasteiger partial charge in [0.25, 0.3) is 5.69 Å². The lowest BCUT2D eigenvalue weighted by atomic mass is 9.51. The summed E-state index contributed by atoms with van der Waals surface area (Å²) in [5.41, 5.74) is -0.680. The van der Waals surface area contributed by atoms with Crippen LogP contribution >= 0.6 is 11.6 Å².